The Morgan fingerprint density at radius 2 is 1.81 bits per heavy atom. The van der Waals surface area contributed by atoms with E-state index in [2.05, 4.69) is 10.2 Å². The summed E-state index contributed by atoms with van der Waals surface area (Å²) < 4.78 is 31.4. The van der Waals surface area contributed by atoms with Gasteiger partial charge < -0.3 is 4.42 Å². The van der Waals surface area contributed by atoms with E-state index in [9.17, 15) is 13.2 Å². The lowest BCUT2D eigenvalue weighted by molar-refractivity contribution is 0.0876. The van der Waals surface area contributed by atoms with Crippen molar-refractivity contribution in [3.8, 4) is 11.5 Å². The van der Waals surface area contributed by atoms with Crippen LogP contribution in [0.3, 0.4) is 0 Å². The number of halogens is 1. The van der Waals surface area contributed by atoms with E-state index in [0.29, 0.717) is 21.9 Å². The van der Waals surface area contributed by atoms with E-state index in [-0.39, 0.29) is 17.0 Å². The number of nitrogens with zero attached hydrogens (tertiary/aromatic N) is 3. The van der Waals surface area contributed by atoms with Crippen molar-refractivity contribution in [2.45, 2.75) is 10.1 Å². The molecule has 0 unspecified atom stereocenters. The summed E-state index contributed by atoms with van der Waals surface area (Å²) in [6.07, 6.45) is 0. The van der Waals surface area contributed by atoms with Gasteiger partial charge in [0.15, 0.2) is 0 Å². The Labute approximate surface area is 164 Å². The van der Waals surface area contributed by atoms with Gasteiger partial charge in [-0.2, -0.15) is 0 Å². The summed E-state index contributed by atoms with van der Waals surface area (Å²) in [7, 11) is -3.80. The Kier molecular flexibility index (Phi) is 4.67. The van der Waals surface area contributed by atoms with Crippen LogP contribution in [0.5, 0.6) is 0 Å². The zero-order valence-electron chi connectivity index (χ0n) is 13.7. The molecule has 0 spiro atoms. The topological polar surface area (TPSA) is 93.4 Å². The van der Waals surface area contributed by atoms with Gasteiger partial charge in [-0.1, -0.05) is 35.5 Å². The van der Waals surface area contributed by atoms with Crippen molar-refractivity contribution in [2.24, 2.45) is 0 Å². The molecule has 4 rings (SSSR count). The third-order valence-electron chi connectivity index (χ3n) is 3.93. The summed E-state index contributed by atoms with van der Waals surface area (Å²) in [6.45, 7) is 0.0131. The molecule has 1 aliphatic rings. The lowest BCUT2D eigenvalue weighted by Gasteiger charge is -2.13. The summed E-state index contributed by atoms with van der Waals surface area (Å²) in [6, 6.07) is 13.1. The monoisotopic (exact) mass is 421 g/mol. The highest BCUT2D eigenvalue weighted by Gasteiger charge is 2.40. The minimum atomic E-state index is -3.80. The molecular weight excluding hydrogens is 410 g/mol. The molecule has 0 radical (unpaired) electrons. The van der Waals surface area contributed by atoms with Crippen LogP contribution in [0.4, 0.5) is 0 Å². The van der Waals surface area contributed by atoms with Gasteiger partial charge in [-0.15, -0.1) is 10.2 Å². The van der Waals surface area contributed by atoms with Gasteiger partial charge in [0.2, 0.25) is 5.89 Å². The number of rotatable bonds is 5. The van der Waals surface area contributed by atoms with Crippen LogP contribution in [0, 0.1) is 0 Å². The average Bonchev–Trinajstić information content (AvgIpc) is 3.20. The lowest BCUT2D eigenvalue weighted by Crippen LogP contribution is -2.32. The highest BCUT2D eigenvalue weighted by Crippen LogP contribution is 2.31. The summed E-state index contributed by atoms with van der Waals surface area (Å²) in [5.74, 6) is 0.117. The highest BCUT2D eigenvalue weighted by atomic mass is 35.5. The minimum absolute atomic E-state index is 0.0131. The second-order valence-electron chi connectivity index (χ2n) is 5.61. The number of aromatic nitrogens is 2. The maximum atomic E-state index is 12.5. The molecular formula is C17H12ClN3O4S2. The van der Waals surface area contributed by atoms with Gasteiger partial charge in [0, 0.05) is 22.9 Å². The van der Waals surface area contributed by atoms with Crippen molar-refractivity contribution in [3.63, 3.8) is 0 Å². The Balaban J connectivity index is 1.42. The zero-order valence-corrected chi connectivity index (χ0v) is 16.1. The number of amides is 1. The van der Waals surface area contributed by atoms with Crippen LogP contribution >= 0.6 is 23.4 Å². The predicted octanol–water partition coefficient (Wildman–Crippen LogP) is 3.33. The van der Waals surface area contributed by atoms with Crippen LogP contribution in [0.15, 0.2) is 63.1 Å². The maximum Gasteiger partial charge on any atom is 0.276 e. The SMILES string of the molecule is O=C1c2ccccc2S(=O)(=O)N1CCSc1nnc(-c2ccc(Cl)cc2)o1. The third kappa shape index (κ3) is 3.33. The fourth-order valence-electron chi connectivity index (χ4n) is 2.65. The standard InChI is InChI=1S/C17H12ClN3O4S2/c18-12-7-5-11(6-8-12)15-19-20-17(25-15)26-10-9-21-16(22)13-3-1-2-4-14(13)27(21,23)24/h1-8H,9-10H2. The van der Waals surface area contributed by atoms with Crippen LogP contribution in [0.2, 0.25) is 5.02 Å². The molecule has 0 saturated heterocycles. The molecule has 0 aliphatic carbocycles. The van der Waals surface area contributed by atoms with E-state index in [1.54, 1.807) is 36.4 Å². The molecule has 0 saturated carbocycles. The first-order valence-corrected chi connectivity index (χ1v) is 10.7. The van der Waals surface area contributed by atoms with Crippen molar-refractivity contribution < 1.29 is 17.6 Å². The fourth-order valence-corrected chi connectivity index (χ4v) is 5.14. The lowest BCUT2D eigenvalue weighted by atomic mass is 10.2. The third-order valence-corrected chi connectivity index (χ3v) is 6.82. The van der Waals surface area contributed by atoms with Crippen molar-refractivity contribution in [1.29, 1.82) is 0 Å². The molecule has 7 nitrogen and oxygen atoms in total. The smallest absolute Gasteiger partial charge is 0.276 e. The van der Waals surface area contributed by atoms with Gasteiger partial charge in [0.1, 0.15) is 4.90 Å². The van der Waals surface area contributed by atoms with Crippen LogP contribution in [0.25, 0.3) is 11.5 Å². The first kappa shape index (κ1) is 18.0. The van der Waals surface area contributed by atoms with Gasteiger partial charge in [0.25, 0.3) is 21.2 Å². The summed E-state index contributed by atoms with van der Waals surface area (Å²) in [5.41, 5.74) is 0.928. The number of benzene rings is 2. The molecule has 2 aromatic carbocycles. The molecule has 10 heteroatoms. The van der Waals surface area contributed by atoms with E-state index in [1.807, 2.05) is 0 Å². The number of carbonyl (C=O) groups excluding carboxylic acids is 1. The van der Waals surface area contributed by atoms with E-state index in [1.165, 1.54) is 23.9 Å². The molecule has 0 atom stereocenters. The molecule has 27 heavy (non-hydrogen) atoms. The fraction of sp³-hybridized carbons (Fsp3) is 0.118. The van der Waals surface area contributed by atoms with E-state index in [0.717, 1.165) is 9.87 Å². The summed E-state index contributed by atoms with van der Waals surface area (Å²) in [4.78, 5) is 12.4. The van der Waals surface area contributed by atoms with Gasteiger partial charge in [-0.25, -0.2) is 12.7 Å². The molecule has 3 aromatic rings. The first-order valence-electron chi connectivity index (χ1n) is 7.85. The van der Waals surface area contributed by atoms with Crippen LogP contribution < -0.4 is 0 Å². The highest BCUT2D eigenvalue weighted by molar-refractivity contribution is 7.99. The molecule has 0 bridgehead atoms. The average molecular weight is 422 g/mol. The minimum Gasteiger partial charge on any atom is -0.411 e. The molecule has 0 N–H and O–H groups in total. The molecule has 2 heterocycles. The number of thioether (sulfide) groups is 1. The normalized spacial score (nSPS) is 15.1. The Morgan fingerprint density at radius 3 is 2.56 bits per heavy atom. The maximum absolute atomic E-state index is 12.5. The van der Waals surface area contributed by atoms with E-state index < -0.39 is 15.9 Å². The largest absolute Gasteiger partial charge is 0.411 e. The second kappa shape index (κ2) is 6.99. The van der Waals surface area contributed by atoms with Crippen LogP contribution in [-0.2, 0) is 10.0 Å². The van der Waals surface area contributed by atoms with Crippen molar-refractivity contribution in [1.82, 2.24) is 14.5 Å². The number of carbonyl (C=O) groups is 1. The van der Waals surface area contributed by atoms with E-state index in [4.69, 9.17) is 16.0 Å². The predicted molar refractivity (Wildman–Crippen MR) is 100 cm³/mol. The van der Waals surface area contributed by atoms with Crippen molar-refractivity contribution in [3.05, 3.63) is 59.1 Å². The van der Waals surface area contributed by atoms with Gasteiger partial charge >= 0.3 is 0 Å². The second-order valence-corrected chi connectivity index (χ2v) is 8.92. The Bertz CT molecular complexity index is 1110. The Morgan fingerprint density at radius 1 is 1.07 bits per heavy atom. The van der Waals surface area contributed by atoms with Crippen molar-refractivity contribution in [2.75, 3.05) is 12.3 Å². The molecule has 0 fully saturated rings. The number of hydrogen-bond donors (Lipinski definition) is 0. The summed E-state index contributed by atoms with van der Waals surface area (Å²) >= 11 is 7.03. The van der Waals surface area contributed by atoms with Crippen molar-refractivity contribution >= 4 is 39.3 Å². The Hall–Kier alpha value is -2.36. The summed E-state index contributed by atoms with van der Waals surface area (Å²) in [5, 5.41) is 8.79. The van der Waals surface area contributed by atoms with Crippen LogP contribution in [0.1, 0.15) is 10.4 Å². The molecule has 1 aromatic heterocycles. The molecule has 1 aliphatic heterocycles. The van der Waals surface area contributed by atoms with Gasteiger partial charge in [-0.05, 0) is 36.4 Å². The number of fused-ring (bicyclic) bond motifs is 1. The molecule has 138 valence electrons. The van der Waals surface area contributed by atoms with Gasteiger partial charge in [-0.3, -0.25) is 4.79 Å². The quantitative estimate of drug-likeness (QED) is 0.583. The van der Waals surface area contributed by atoms with Gasteiger partial charge in [0.05, 0.1) is 5.56 Å². The number of sulfonamides is 1. The first-order chi connectivity index (χ1) is 13.0. The number of hydrogen-bond acceptors (Lipinski definition) is 7. The van der Waals surface area contributed by atoms with Crippen LogP contribution in [-0.4, -0.2) is 41.1 Å². The molecule has 1 amide bonds. The zero-order chi connectivity index (χ0) is 19.0. The van der Waals surface area contributed by atoms with E-state index >= 15 is 0 Å².